The van der Waals surface area contributed by atoms with Crippen molar-refractivity contribution in [3.8, 4) is 11.3 Å². The number of anilines is 3. The van der Waals surface area contributed by atoms with E-state index in [1.54, 1.807) is 0 Å². The standard InChI is InChI=1S/C26H32N6O/c1-19-8-7-11-27-25(19)30-12-13-31(20(2)17-30)24-16-23(22-9-5-4-6-10-22)28-26(29-24)32-14-15-33-18-21(32)3/h4-11,16,20-21H,12-15,17-18H2,1-3H3/t20-,21-/m1/s1. The van der Waals surface area contributed by atoms with Crippen LogP contribution in [0.1, 0.15) is 19.4 Å². The third-order valence-corrected chi connectivity index (χ3v) is 6.60. The van der Waals surface area contributed by atoms with Crippen molar-refractivity contribution in [3.05, 3.63) is 60.3 Å². The van der Waals surface area contributed by atoms with E-state index in [2.05, 4.69) is 76.9 Å². The number of aromatic nitrogens is 3. The van der Waals surface area contributed by atoms with Crippen LogP contribution in [0.3, 0.4) is 0 Å². The number of ether oxygens (including phenoxy) is 1. The maximum atomic E-state index is 5.66. The maximum Gasteiger partial charge on any atom is 0.228 e. The minimum absolute atomic E-state index is 0.249. The summed E-state index contributed by atoms with van der Waals surface area (Å²) in [5.41, 5.74) is 3.29. The molecule has 2 atom stereocenters. The first-order chi connectivity index (χ1) is 16.1. The van der Waals surface area contributed by atoms with Crippen molar-refractivity contribution < 1.29 is 4.74 Å². The zero-order valence-electron chi connectivity index (χ0n) is 19.7. The van der Waals surface area contributed by atoms with Crippen molar-refractivity contribution in [1.82, 2.24) is 15.0 Å². The molecule has 3 aromatic rings. The van der Waals surface area contributed by atoms with Crippen molar-refractivity contribution in [2.45, 2.75) is 32.9 Å². The van der Waals surface area contributed by atoms with Gasteiger partial charge in [-0.2, -0.15) is 4.98 Å². The molecule has 0 aliphatic carbocycles. The third-order valence-electron chi connectivity index (χ3n) is 6.60. The highest BCUT2D eigenvalue weighted by molar-refractivity contribution is 5.66. The van der Waals surface area contributed by atoms with Crippen molar-refractivity contribution >= 4 is 17.6 Å². The van der Waals surface area contributed by atoms with Crippen LogP contribution in [0, 0.1) is 6.92 Å². The SMILES string of the molecule is Cc1cccnc1N1CCN(c2cc(-c3ccccc3)nc(N3CCOC[C@H]3C)n2)[C@H](C)C1. The highest BCUT2D eigenvalue weighted by atomic mass is 16.5. The van der Waals surface area contributed by atoms with Crippen LogP contribution in [-0.4, -0.2) is 66.4 Å². The van der Waals surface area contributed by atoms with Crippen LogP contribution in [0.4, 0.5) is 17.6 Å². The van der Waals surface area contributed by atoms with Crippen LogP contribution in [-0.2, 0) is 4.74 Å². The van der Waals surface area contributed by atoms with Gasteiger partial charge in [0, 0.05) is 50.0 Å². The molecule has 2 fully saturated rings. The lowest BCUT2D eigenvalue weighted by molar-refractivity contribution is 0.0981. The van der Waals surface area contributed by atoms with Crippen molar-refractivity contribution in [1.29, 1.82) is 0 Å². The lowest BCUT2D eigenvalue weighted by atomic mass is 10.1. The summed E-state index contributed by atoms with van der Waals surface area (Å²) in [4.78, 5) is 21.8. The molecule has 2 aliphatic rings. The van der Waals surface area contributed by atoms with Gasteiger partial charge in [0.15, 0.2) is 0 Å². The normalized spacial score (nSPS) is 21.4. The Bertz CT molecular complexity index is 1090. The summed E-state index contributed by atoms with van der Waals surface area (Å²) in [7, 11) is 0. The predicted molar refractivity (Wildman–Crippen MR) is 133 cm³/mol. The fraction of sp³-hybridized carbons (Fsp3) is 0.423. The number of morpholine rings is 1. The molecule has 7 nitrogen and oxygen atoms in total. The van der Waals surface area contributed by atoms with Gasteiger partial charge in [-0.05, 0) is 32.4 Å². The fourth-order valence-electron chi connectivity index (χ4n) is 4.78. The van der Waals surface area contributed by atoms with Gasteiger partial charge in [0.1, 0.15) is 11.6 Å². The Hall–Kier alpha value is -3.19. The Morgan fingerprint density at radius 1 is 0.909 bits per heavy atom. The van der Waals surface area contributed by atoms with E-state index >= 15 is 0 Å². The molecule has 5 rings (SSSR count). The molecule has 0 spiro atoms. The summed E-state index contributed by atoms with van der Waals surface area (Å²) in [5.74, 6) is 2.86. The molecule has 172 valence electrons. The molecule has 0 unspecified atom stereocenters. The number of benzene rings is 1. The molecule has 4 heterocycles. The van der Waals surface area contributed by atoms with E-state index in [0.717, 1.165) is 55.0 Å². The number of piperazine rings is 1. The maximum absolute atomic E-state index is 5.66. The monoisotopic (exact) mass is 444 g/mol. The number of aryl methyl sites for hydroxylation is 1. The predicted octanol–water partition coefficient (Wildman–Crippen LogP) is 3.79. The summed E-state index contributed by atoms with van der Waals surface area (Å²) >= 11 is 0. The summed E-state index contributed by atoms with van der Waals surface area (Å²) < 4.78 is 5.66. The Morgan fingerprint density at radius 2 is 1.76 bits per heavy atom. The van der Waals surface area contributed by atoms with Gasteiger partial charge in [0.2, 0.25) is 5.95 Å². The van der Waals surface area contributed by atoms with Crippen LogP contribution in [0.15, 0.2) is 54.7 Å². The first-order valence-corrected chi connectivity index (χ1v) is 11.8. The van der Waals surface area contributed by atoms with Crippen molar-refractivity contribution in [3.63, 3.8) is 0 Å². The molecule has 2 aromatic heterocycles. The highest BCUT2D eigenvalue weighted by Crippen LogP contribution is 2.29. The van der Waals surface area contributed by atoms with E-state index in [9.17, 15) is 0 Å². The molecular weight excluding hydrogens is 412 g/mol. The summed E-state index contributed by atoms with van der Waals surface area (Å²) in [6.07, 6.45) is 1.88. The quantitative estimate of drug-likeness (QED) is 0.607. The van der Waals surface area contributed by atoms with E-state index in [4.69, 9.17) is 14.7 Å². The van der Waals surface area contributed by atoms with Gasteiger partial charge in [-0.15, -0.1) is 0 Å². The largest absolute Gasteiger partial charge is 0.377 e. The number of pyridine rings is 1. The van der Waals surface area contributed by atoms with Crippen LogP contribution < -0.4 is 14.7 Å². The fourth-order valence-corrected chi connectivity index (χ4v) is 4.78. The zero-order valence-corrected chi connectivity index (χ0v) is 19.7. The zero-order chi connectivity index (χ0) is 22.8. The lowest BCUT2D eigenvalue weighted by Crippen LogP contribution is -2.53. The number of hydrogen-bond acceptors (Lipinski definition) is 7. The molecular formula is C26H32N6O. The van der Waals surface area contributed by atoms with Crippen LogP contribution in [0.5, 0.6) is 0 Å². The Kier molecular flexibility index (Phi) is 6.13. The topological polar surface area (TPSA) is 57.6 Å². The van der Waals surface area contributed by atoms with Crippen LogP contribution in [0.25, 0.3) is 11.3 Å². The Morgan fingerprint density at radius 3 is 2.52 bits per heavy atom. The molecule has 0 saturated carbocycles. The molecule has 7 heteroatoms. The van der Waals surface area contributed by atoms with Crippen LogP contribution >= 0.6 is 0 Å². The lowest BCUT2D eigenvalue weighted by Gasteiger charge is -2.42. The van der Waals surface area contributed by atoms with E-state index in [1.165, 1.54) is 5.56 Å². The number of hydrogen-bond donors (Lipinski definition) is 0. The highest BCUT2D eigenvalue weighted by Gasteiger charge is 2.29. The minimum atomic E-state index is 0.249. The molecule has 0 radical (unpaired) electrons. The average molecular weight is 445 g/mol. The van der Waals surface area contributed by atoms with Crippen molar-refractivity contribution in [2.24, 2.45) is 0 Å². The second kappa shape index (κ2) is 9.35. The van der Waals surface area contributed by atoms with Gasteiger partial charge < -0.3 is 19.4 Å². The smallest absolute Gasteiger partial charge is 0.228 e. The van der Waals surface area contributed by atoms with E-state index < -0.39 is 0 Å². The van der Waals surface area contributed by atoms with Gasteiger partial charge >= 0.3 is 0 Å². The molecule has 33 heavy (non-hydrogen) atoms. The average Bonchev–Trinajstić information content (AvgIpc) is 2.85. The first-order valence-electron chi connectivity index (χ1n) is 11.8. The Balaban J connectivity index is 1.47. The van der Waals surface area contributed by atoms with E-state index in [-0.39, 0.29) is 6.04 Å². The second-order valence-electron chi connectivity index (χ2n) is 9.03. The molecule has 2 aliphatic heterocycles. The number of rotatable bonds is 4. The Labute approximate surface area is 196 Å². The molecule has 0 bridgehead atoms. The van der Waals surface area contributed by atoms with Gasteiger partial charge in [-0.25, -0.2) is 9.97 Å². The minimum Gasteiger partial charge on any atom is -0.377 e. The van der Waals surface area contributed by atoms with E-state index in [1.807, 2.05) is 18.3 Å². The first kappa shape index (κ1) is 21.6. The van der Waals surface area contributed by atoms with Gasteiger partial charge in [0.05, 0.1) is 24.9 Å². The number of nitrogens with zero attached hydrogens (tertiary/aromatic N) is 6. The van der Waals surface area contributed by atoms with Gasteiger partial charge in [-0.1, -0.05) is 36.4 Å². The summed E-state index contributed by atoms with van der Waals surface area (Å²) in [6.45, 7) is 11.5. The molecule has 0 amide bonds. The molecule has 1 aromatic carbocycles. The van der Waals surface area contributed by atoms with Gasteiger partial charge in [0.25, 0.3) is 0 Å². The van der Waals surface area contributed by atoms with Gasteiger partial charge in [-0.3, -0.25) is 0 Å². The van der Waals surface area contributed by atoms with Crippen molar-refractivity contribution in [2.75, 3.05) is 54.1 Å². The third kappa shape index (κ3) is 4.50. The molecule has 0 N–H and O–H groups in total. The summed E-state index contributed by atoms with van der Waals surface area (Å²) in [5, 5.41) is 0. The van der Waals surface area contributed by atoms with Crippen LogP contribution in [0.2, 0.25) is 0 Å². The molecule has 2 saturated heterocycles. The second-order valence-corrected chi connectivity index (χ2v) is 9.03. The van der Waals surface area contributed by atoms with E-state index in [0.29, 0.717) is 19.3 Å². The summed E-state index contributed by atoms with van der Waals surface area (Å²) in [6, 6.07) is 17.2.